The third kappa shape index (κ3) is 3.66. The van der Waals surface area contributed by atoms with Crippen LogP contribution in [-0.4, -0.2) is 42.7 Å². The molecule has 0 spiro atoms. The molecule has 1 aliphatic rings. The Morgan fingerprint density at radius 2 is 2.08 bits per heavy atom. The van der Waals surface area contributed by atoms with Crippen LogP contribution in [-0.2, 0) is 26.4 Å². The van der Waals surface area contributed by atoms with Crippen molar-refractivity contribution in [1.82, 2.24) is 29.6 Å². The van der Waals surface area contributed by atoms with Crippen molar-refractivity contribution < 1.29 is 4.74 Å². The summed E-state index contributed by atoms with van der Waals surface area (Å²) >= 11 is 0. The number of aromatic nitrogens is 5. The molecule has 0 unspecified atom stereocenters. The molecule has 0 radical (unpaired) electrons. The maximum Gasteiger partial charge on any atom is 0.225 e. The monoisotopic (exact) mass is 336 g/mol. The summed E-state index contributed by atoms with van der Waals surface area (Å²) < 4.78 is 7.78. The zero-order chi connectivity index (χ0) is 17.1. The topological polar surface area (TPSA) is 69.0 Å². The van der Waals surface area contributed by atoms with E-state index < -0.39 is 0 Å². The Labute approximate surface area is 146 Å². The quantitative estimate of drug-likeness (QED) is 0.726. The Morgan fingerprint density at radius 3 is 2.88 bits per heavy atom. The summed E-state index contributed by atoms with van der Waals surface area (Å²) in [4.78, 5) is 15.3. The molecule has 7 nitrogen and oxygen atoms in total. The summed E-state index contributed by atoms with van der Waals surface area (Å²) in [6.45, 7) is 2.80. The molecule has 1 aliphatic heterocycles. The van der Waals surface area contributed by atoms with Gasteiger partial charge in [0.15, 0.2) is 0 Å². The minimum atomic E-state index is 0.640. The Morgan fingerprint density at radius 1 is 1.16 bits per heavy atom. The third-order valence-corrected chi connectivity index (χ3v) is 4.35. The smallest absolute Gasteiger partial charge is 0.225 e. The molecule has 0 aliphatic carbocycles. The van der Waals surface area contributed by atoms with Gasteiger partial charge in [0.2, 0.25) is 5.88 Å². The Balaban J connectivity index is 1.50. The number of aryl methyl sites for hydroxylation is 1. The van der Waals surface area contributed by atoms with Crippen LogP contribution in [0.25, 0.3) is 0 Å². The third-order valence-electron chi connectivity index (χ3n) is 4.35. The Hall–Kier alpha value is -2.80. The van der Waals surface area contributed by atoms with Crippen LogP contribution in [0.1, 0.15) is 16.8 Å². The van der Waals surface area contributed by atoms with E-state index in [1.807, 2.05) is 30.1 Å². The first-order valence-electron chi connectivity index (χ1n) is 8.38. The average Bonchev–Trinajstić information content (AvgIpc) is 2.92. The molecule has 7 heteroatoms. The lowest BCUT2D eigenvalue weighted by atomic mass is 10.1. The van der Waals surface area contributed by atoms with E-state index in [0.29, 0.717) is 11.6 Å². The van der Waals surface area contributed by atoms with Crippen LogP contribution >= 0.6 is 0 Å². The standard InChI is InChI=1S/C18H20N6O/c1-23-11-14(9-22-23)12-24-7-4-16-17(5-8-24)20-13-21-18(16)25-15-3-2-6-19-10-15/h2-3,6,9-11,13H,4-5,7-8,12H2,1H3. The highest BCUT2D eigenvalue weighted by atomic mass is 16.5. The van der Waals surface area contributed by atoms with Crippen molar-refractivity contribution in [2.24, 2.45) is 7.05 Å². The molecule has 3 aromatic heterocycles. The fraction of sp³-hybridized carbons (Fsp3) is 0.333. The van der Waals surface area contributed by atoms with Crippen LogP contribution in [0.2, 0.25) is 0 Å². The van der Waals surface area contributed by atoms with Crippen molar-refractivity contribution in [3.63, 3.8) is 0 Å². The van der Waals surface area contributed by atoms with Crippen molar-refractivity contribution in [2.45, 2.75) is 19.4 Å². The molecule has 25 heavy (non-hydrogen) atoms. The summed E-state index contributed by atoms with van der Waals surface area (Å²) in [5.74, 6) is 1.33. The second-order valence-corrected chi connectivity index (χ2v) is 6.19. The van der Waals surface area contributed by atoms with Crippen LogP contribution < -0.4 is 4.74 Å². The number of hydrogen-bond acceptors (Lipinski definition) is 6. The largest absolute Gasteiger partial charge is 0.437 e. The van der Waals surface area contributed by atoms with Crippen LogP contribution in [0.15, 0.2) is 43.2 Å². The molecule has 0 fully saturated rings. The predicted molar refractivity (Wildman–Crippen MR) is 92.2 cm³/mol. The first kappa shape index (κ1) is 15.7. The molecule has 0 bridgehead atoms. The molecule has 0 amide bonds. The molecule has 128 valence electrons. The van der Waals surface area contributed by atoms with Gasteiger partial charge in [-0.3, -0.25) is 14.6 Å². The molecule has 0 aromatic carbocycles. The number of hydrogen-bond donors (Lipinski definition) is 0. The van der Waals surface area contributed by atoms with Gasteiger partial charge in [-0.2, -0.15) is 5.10 Å². The van der Waals surface area contributed by atoms with E-state index in [-0.39, 0.29) is 0 Å². The van der Waals surface area contributed by atoms with Gasteiger partial charge in [-0.25, -0.2) is 9.97 Å². The molecule has 0 N–H and O–H groups in total. The van der Waals surface area contributed by atoms with E-state index in [2.05, 4.69) is 31.1 Å². The number of fused-ring (bicyclic) bond motifs is 1. The SMILES string of the molecule is Cn1cc(CN2CCc3ncnc(Oc4cccnc4)c3CC2)cn1. The van der Waals surface area contributed by atoms with E-state index in [0.717, 1.165) is 43.7 Å². The number of rotatable bonds is 4. The molecule has 4 rings (SSSR count). The number of ether oxygens (including phenoxy) is 1. The maximum absolute atomic E-state index is 5.94. The van der Waals surface area contributed by atoms with Crippen LogP contribution in [0.4, 0.5) is 0 Å². The van der Waals surface area contributed by atoms with Crippen molar-refractivity contribution in [1.29, 1.82) is 0 Å². The van der Waals surface area contributed by atoms with E-state index in [9.17, 15) is 0 Å². The van der Waals surface area contributed by atoms with Gasteiger partial charge in [-0.1, -0.05) is 0 Å². The summed E-state index contributed by atoms with van der Waals surface area (Å²) in [7, 11) is 1.94. The number of nitrogens with zero attached hydrogens (tertiary/aromatic N) is 6. The van der Waals surface area contributed by atoms with E-state index in [1.165, 1.54) is 5.56 Å². The lowest BCUT2D eigenvalue weighted by Gasteiger charge is -2.18. The van der Waals surface area contributed by atoms with Gasteiger partial charge in [0.25, 0.3) is 0 Å². The molecular formula is C18H20N6O. The lowest BCUT2D eigenvalue weighted by molar-refractivity contribution is 0.278. The highest BCUT2D eigenvalue weighted by Gasteiger charge is 2.20. The van der Waals surface area contributed by atoms with Crippen molar-refractivity contribution >= 4 is 0 Å². The van der Waals surface area contributed by atoms with Crippen molar-refractivity contribution in [2.75, 3.05) is 13.1 Å². The summed E-state index contributed by atoms with van der Waals surface area (Å²) in [5.41, 5.74) is 3.40. The van der Waals surface area contributed by atoms with Gasteiger partial charge >= 0.3 is 0 Å². The normalized spacial score (nSPS) is 14.8. The zero-order valence-electron chi connectivity index (χ0n) is 14.2. The van der Waals surface area contributed by atoms with Crippen LogP contribution in [0.3, 0.4) is 0 Å². The van der Waals surface area contributed by atoms with Crippen LogP contribution in [0, 0.1) is 0 Å². The summed E-state index contributed by atoms with van der Waals surface area (Å²) in [6.07, 6.45) is 10.8. The fourth-order valence-electron chi connectivity index (χ4n) is 3.12. The van der Waals surface area contributed by atoms with Gasteiger partial charge < -0.3 is 4.74 Å². The van der Waals surface area contributed by atoms with Gasteiger partial charge in [-0.05, 0) is 18.6 Å². The molecule has 4 heterocycles. The van der Waals surface area contributed by atoms with Gasteiger partial charge in [0.1, 0.15) is 12.1 Å². The fourth-order valence-corrected chi connectivity index (χ4v) is 3.12. The average molecular weight is 336 g/mol. The van der Waals surface area contributed by atoms with Gasteiger partial charge in [0, 0.05) is 56.6 Å². The molecule has 0 saturated heterocycles. The predicted octanol–water partition coefficient (Wildman–Crippen LogP) is 2.00. The first-order chi connectivity index (χ1) is 12.3. The van der Waals surface area contributed by atoms with Crippen LogP contribution in [0.5, 0.6) is 11.6 Å². The zero-order valence-corrected chi connectivity index (χ0v) is 14.2. The first-order valence-corrected chi connectivity index (χ1v) is 8.38. The van der Waals surface area contributed by atoms with E-state index >= 15 is 0 Å². The minimum absolute atomic E-state index is 0.640. The number of pyridine rings is 1. The highest BCUT2D eigenvalue weighted by molar-refractivity contribution is 5.34. The molecule has 0 saturated carbocycles. The van der Waals surface area contributed by atoms with Gasteiger partial charge in [-0.15, -0.1) is 0 Å². The second kappa shape index (κ2) is 6.98. The molecular weight excluding hydrogens is 316 g/mol. The minimum Gasteiger partial charge on any atom is -0.437 e. The highest BCUT2D eigenvalue weighted by Crippen LogP contribution is 2.26. The van der Waals surface area contributed by atoms with E-state index in [4.69, 9.17) is 4.74 Å². The maximum atomic E-state index is 5.94. The lowest BCUT2D eigenvalue weighted by Crippen LogP contribution is -2.25. The Bertz CT molecular complexity index is 848. The Kier molecular flexibility index (Phi) is 4.39. The molecule has 3 aromatic rings. The van der Waals surface area contributed by atoms with Crippen molar-refractivity contribution in [3.8, 4) is 11.6 Å². The van der Waals surface area contributed by atoms with E-state index in [1.54, 1.807) is 18.7 Å². The second-order valence-electron chi connectivity index (χ2n) is 6.19. The summed E-state index contributed by atoms with van der Waals surface area (Å²) in [6, 6.07) is 3.73. The van der Waals surface area contributed by atoms with Crippen molar-refractivity contribution in [3.05, 3.63) is 60.1 Å². The summed E-state index contributed by atoms with van der Waals surface area (Å²) in [5, 5.41) is 4.25. The molecule has 0 atom stereocenters. The van der Waals surface area contributed by atoms with Gasteiger partial charge in [0.05, 0.1) is 18.1 Å².